The number of thioether (sulfide) groups is 1. The molecule has 100 valence electrons. The molecule has 3 rings (SSSR count). The van der Waals surface area contributed by atoms with Gasteiger partial charge in [-0.15, -0.1) is 11.8 Å². The van der Waals surface area contributed by atoms with Gasteiger partial charge in [0.15, 0.2) is 5.78 Å². The quantitative estimate of drug-likeness (QED) is 0.737. The van der Waals surface area contributed by atoms with Gasteiger partial charge in [0.1, 0.15) is 0 Å². The summed E-state index contributed by atoms with van der Waals surface area (Å²) in [5.41, 5.74) is 1.78. The molecule has 0 aliphatic carbocycles. The van der Waals surface area contributed by atoms with Crippen LogP contribution in [0.25, 0.3) is 0 Å². The van der Waals surface area contributed by atoms with E-state index in [4.69, 9.17) is 4.74 Å². The lowest BCUT2D eigenvalue weighted by atomic mass is 10.0. The number of carbonyl (C=O) groups is 1. The van der Waals surface area contributed by atoms with E-state index in [1.165, 1.54) is 0 Å². The van der Waals surface area contributed by atoms with E-state index < -0.39 is 0 Å². The van der Waals surface area contributed by atoms with Crippen LogP contribution in [0.4, 0.5) is 0 Å². The molecular weight excluding hydrogens is 258 g/mol. The molecule has 1 aromatic carbocycles. The first-order chi connectivity index (χ1) is 9.34. The zero-order valence-electron chi connectivity index (χ0n) is 10.8. The standard InChI is InChI=1S/C15H17NO2S/c17-15-12(11-16-6-8-18-9-7-16)5-10-19-14-4-2-1-3-13(14)15/h1-4,11H,5-10H2. The topological polar surface area (TPSA) is 29.5 Å². The molecule has 0 unspecified atom stereocenters. The minimum Gasteiger partial charge on any atom is -0.378 e. The monoisotopic (exact) mass is 275 g/mol. The third-order valence-electron chi connectivity index (χ3n) is 3.44. The van der Waals surface area contributed by atoms with Crippen LogP contribution in [-0.4, -0.2) is 42.7 Å². The van der Waals surface area contributed by atoms with Crippen LogP contribution in [-0.2, 0) is 4.74 Å². The maximum Gasteiger partial charge on any atom is 0.191 e. The summed E-state index contributed by atoms with van der Waals surface area (Å²) in [4.78, 5) is 15.9. The van der Waals surface area contributed by atoms with E-state index in [1.54, 1.807) is 11.8 Å². The van der Waals surface area contributed by atoms with Crippen molar-refractivity contribution in [3.05, 3.63) is 41.6 Å². The predicted molar refractivity (Wildman–Crippen MR) is 76.6 cm³/mol. The highest BCUT2D eigenvalue weighted by Crippen LogP contribution is 2.31. The number of ketones is 1. The molecular formula is C15H17NO2S. The van der Waals surface area contributed by atoms with Gasteiger partial charge in [0, 0.05) is 41.1 Å². The Morgan fingerprint density at radius 2 is 2.00 bits per heavy atom. The van der Waals surface area contributed by atoms with Crippen molar-refractivity contribution < 1.29 is 9.53 Å². The number of carbonyl (C=O) groups excluding carboxylic acids is 1. The Balaban J connectivity index is 1.86. The van der Waals surface area contributed by atoms with Crippen LogP contribution in [0.2, 0.25) is 0 Å². The first-order valence-electron chi connectivity index (χ1n) is 6.63. The number of morpholine rings is 1. The average molecular weight is 275 g/mol. The number of nitrogens with zero attached hydrogens (tertiary/aromatic N) is 1. The van der Waals surface area contributed by atoms with E-state index in [9.17, 15) is 4.79 Å². The summed E-state index contributed by atoms with van der Waals surface area (Å²) in [6.07, 6.45) is 2.89. The van der Waals surface area contributed by atoms with Crippen molar-refractivity contribution in [2.24, 2.45) is 0 Å². The summed E-state index contributed by atoms with van der Waals surface area (Å²) in [7, 11) is 0. The van der Waals surface area contributed by atoms with Crippen LogP contribution in [0, 0.1) is 0 Å². The highest BCUT2D eigenvalue weighted by Gasteiger charge is 2.21. The lowest BCUT2D eigenvalue weighted by Crippen LogP contribution is -2.32. The molecule has 2 heterocycles. The van der Waals surface area contributed by atoms with Gasteiger partial charge in [0.25, 0.3) is 0 Å². The minimum atomic E-state index is 0.187. The molecule has 2 aliphatic heterocycles. The van der Waals surface area contributed by atoms with Gasteiger partial charge in [-0.25, -0.2) is 0 Å². The second-order valence-corrected chi connectivity index (χ2v) is 5.86. The van der Waals surface area contributed by atoms with Crippen molar-refractivity contribution in [3.63, 3.8) is 0 Å². The molecule has 3 nitrogen and oxygen atoms in total. The highest BCUT2D eigenvalue weighted by molar-refractivity contribution is 7.99. The Morgan fingerprint density at radius 3 is 2.84 bits per heavy atom. The van der Waals surface area contributed by atoms with Gasteiger partial charge >= 0.3 is 0 Å². The van der Waals surface area contributed by atoms with Crippen molar-refractivity contribution in [2.45, 2.75) is 11.3 Å². The summed E-state index contributed by atoms with van der Waals surface area (Å²) >= 11 is 1.77. The van der Waals surface area contributed by atoms with Crippen LogP contribution in [0.5, 0.6) is 0 Å². The zero-order chi connectivity index (χ0) is 13.1. The van der Waals surface area contributed by atoms with E-state index >= 15 is 0 Å². The first-order valence-corrected chi connectivity index (χ1v) is 7.62. The number of Topliss-reactive ketones (excluding diaryl/α,β-unsaturated/α-hetero) is 1. The number of hydrogen-bond donors (Lipinski definition) is 0. The van der Waals surface area contributed by atoms with E-state index in [1.807, 2.05) is 30.5 Å². The molecule has 1 saturated heterocycles. The SMILES string of the molecule is O=C1C(=CN2CCOCC2)CCSc2ccccc21. The Hall–Kier alpha value is -1.26. The van der Waals surface area contributed by atoms with Crippen molar-refractivity contribution >= 4 is 17.5 Å². The van der Waals surface area contributed by atoms with Crippen molar-refractivity contribution in [1.29, 1.82) is 0 Å². The Labute approximate surface area is 117 Å². The molecule has 0 spiro atoms. The van der Waals surface area contributed by atoms with E-state index in [-0.39, 0.29) is 5.78 Å². The molecule has 0 radical (unpaired) electrons. The molecule has 2 aliphatic rings. The van der Waals surface area contributed by atoms with Crippen LogP contribution < -0.4 is 0 Å². The summed E-state index contributed by atoms with van der Waals surface area (Å²) < 4.78 is 5.34. The fourth-order valence-electron chi connectivity index (χ4n) is 2.39. The number of hydrogen-bond acceptors (Lipinski definition) is 4. The second-order valence-electron chi connectivity index (χ2n) is 4.73. The maximum absolute atomic E-state index is 12.6. The lowest BCUT2D eigenvalue weighted by Gasteiger charge is -2.26. The summed E-state index contributed by atoms with van der Waals surface area (Å²) in [6.45, 7) is 3.27. The number of rotatable bonds is 1. The van der Waals surface area contributed by atoms with Crippen molar-refractivity contribution in [1.82, 2.24) is 4.90 Å². The second kappa shape index (κ2) is 5.80. The van der Waals surface area contributed by atoms with E-state index in [0.29, 0.717) is 0 Å². The molecule has 0 bridgehead atoms. The molecule has 0 saturated carbocycles. The minimum absolute atomic E-state index is 0.187. The molecule has 0 aromatic heterocycles. The molecule has 1 aromatic rings. The van der Waals surface area contributed by atoms with E-state index in [2.05, 4.69) is 4.90 Å². The fourth-order valence-corrected chi connectivity index (χ4v) is 3.42. The third-order valence-corrected chi connectivity index (χ3v) is 4.51. The largest absolute Gasteiger partial charge is 0.378 e. The molecule has 0 N–H and O–H groups in total. The lowest BCUT2D eigenvalue weighted by molar-refractivity contribution is 0.0587. The first kappa shape index (κ1) is 12.8. The Bertz CT molecular complexity index is 507. The molecule has 4 heteroatoms. The Kier molecular flexibility index (Phi) is 3.89. The summed E-state index contributed by atoms with van der Waals surface area (Å²) in [6, 6.07) is 7.91. The molecule has 19 heavy (non-hydrogen) atoms. The molecule has 0 amide bonds. The van der Waals surface area contributed by atoms with E-state index in [0.717, 1.165) is 54.5 Å². The van der Waals surface area contributed by atoms with Gasteiger partial charge in [-0.1, -0.05) is 12.1 Å². The molecule has 0 atom stereocenters. The zero-order valence-corrected chi connectivity index (χ0v) is 11.6. The van der Waals surface area contributed by atoms with Crippen LogP contribution in [0.3, 0.4) is 0 Å². The number of benzene rings is 1. The number of fused-ring (bicyclic) bond motifs is 1. The van der Waals surface area contributed by atoms with Crippen LogP contribution in [0.1, 0.15) is 16.8 Å². The summed E-state index contributed by atoms with van der Waals surface area (Å²) in [5, 5.41) is 0. The Morgan fingerprint density at radius 1 is 1.21 bits per heavy atom. The van der Waals surface area contributed by atoms with Gasteiger partial charge in [-0.05, 0) is 18.6 Å². The van der Waals surface area contributed by atoms with Crippen molar-refractivity contribution in [3.8, 4) is 0 Å². The number of allylic oxidation sites excluding steroid dienone is 1. The van der Waals surface area contributed by atoms with Crippen LogP contribution in [0.15, 0.2) is 40.9 Å². The fraction of sp³-hybridized carbons (Fsp3) is 0.400. The van der Waals surface area contributed by atoms with Gasteiger partial charge in [0.05, 0.1) is 13.2 Å². The van der Waals surface area contributed by atoms with Gasteiger partial charge in [0.2, 0.25) is 0 Å². The third kappa shape index (κ3) is 2.85. The summed E-state index contributed by atoms with van der Waals surface area (Å²) in [5.74, 6) is 1.16. The maximum atomic E-state index is 12.6. The highest BCUT2D eigenvalue weighted by atomic mass is 32.2. The average Bonchev–Trinajstić information content (AvgIpc) is 2.61. The number of ether oxygens (including phenoxy) is 1. The van der Waals surface area contributed by atoms with Gasteiger partial charge in [-0.3, -0.25) is 4.79 Å². The normalized spacial score (nSPS) is 22.2. The predicted octanol–water partition coefficient (Wildman–Crippen LogP) is 2.58. The van der Waals surface area contributed by atoms with Crippen molar-refractivity contribution in [2.75, 3.05) is 32.1 Å². The molecule has 1 fully saturated rings. The van der Waals surface area contributed by atoms with Gasteiger partial charge in [-0.2, -0.15) is 0 Å². The van der Waals surface area contributed by atoms with Crippen LogP contribution >= 0.6 is 11.8 Å². The van der Waals surface area contributed by atoms with Gasteiger partial charge < -0.3 is 9.64 Å². The smallest absolute Gasteiger partial charge is 0.191 e.